The lowest BCUT2D eigenvalue weighted by Gasteiger charge is -2.29. The average Bonchev–Trinajstić information content (AvgIpc) is 2.74. The molecule has 0 aliphatic carbocycles. The lowest BCUT2D eigenvalue weighted by atomic mass is 10.1. The van der Waals surface area contributed by atoms with Gasteiger partial charge >= 0.3 is 0 Å². The summed E-state index contributed by atoms with van der Waals surface area (Å²) in [6.07, 6.45) is 3.92. The van der Waals surface area contributed by atoms with Crippen LogP contribution in [0.1, 0.15) is 25.3 Å². The minimum Gasteiger partial charge on any atom is -0.313 e. The first-order chi connectivity index (χ1) is 7.36. The van der Waals surface area contributed by atoms with Crippen LogP contribution in [0.4, 0.5) is 0 Å². The maximum Gasteiger partial charge on any atom is 0.0184 e. The molecule has 2 rings (SSSR count). The number of thioether (sulfide) groups is 1. The molecule has 0 bridgehead atoms. The maximum atomic E-state index is 3.69. The van der Waals surface area contributed by atoms with Gasteiger partial charge in [0.25, 0.3) is 0 Å². The van der Waals surface area contributed by atoms with Gasteiger partial charge in [0.15, 0.2) is 0 Å². The Hall–Kier alpha value is 0.01000. The Kier molecular flexibility index (Phi) is 4.54. The van der Waals surface area contributed by atoms with E-state index in [0.717, 1.165) is 17.8 Å². The summed E-state index contributed by atoms with van der Waals surface area (Å²) >= 11 is 3.91. The highest BCUT2D eigenvalue weighted by Gasteiger charge is 2.20. The van der Waals surface area contributed by atoms with E-state index in [1.54, 1.807) is 11.3 Å². The number of hydrogen-bond donors (Lipinski definition) is 1. The molecule has 0 radical (unpaired) electrons. The summed E-state index contributed by atoms with van der Waals surface area (Å²) < 4.78 is 0. The summed E-state index contributed by atoms with van der Waals surface area (Å²) in [6, 6.07) is 2.97. The van der Waals surface area contributed by atoms with Gasteiger partial charge in [-0.1, -0.05) is 6.92 Å². The smallest absolute Gasteiger partial charge is 0.0184 e. The van der Waals surface area contributed by atoms with Crippen molar-refractivity contribution in [1.82, 2.24) is 5.32 Å². The highest BCUT2D eigenvalue weighted by atomic mass is 32.2. The molecule has 1 saturated heterocycles. The molecule has 0 spiro atoms. The zero-order valence-electron chi connectivity index (χ0n) is 9.24. The van der Waals surface area contributed by atoms with E-state index >= 15 is 0 Å². The summed E-state index contributed by atoms with van der Waals surface area (Å²) in [5.74, 6) is 1.35. The molecule has 2 unspecified atom stereocenters. The van der Waals surface area contributed by atoms with Gasteiger partial charge in [-0.15, -0.1) is 0 Å². The molecule has 2 heterocycles. The topological polar surface area (TPSA) is 12.0 Å². The van der Waals surface area contributed by atoms with Crippen LogP contribution in [0.3, 0.4) is 0 Å². The summed E-state index contributed by atoms with van der Waals surface area (Å²) in [5.41, 5.74) is 1.48. The van der Waals surface area contributed by atoms with Gasteiger partial charge in [-0.25, -0.2) is 0 Å². The van der Waals surface area contributed by atoms with Gasteiger partial charge in [0.05, 0.1) is 0 Å². The Labute approximate surface area is 101 Å². The number of nitrogens with one attached hydrogen (secondary N) is 1. The van der Waals surface area contributed by atoms with E-state index in [4.69, 9.17) is 0 Å². The van der Waals surface area contributed by atoms with Crippen LogP contribution in [0.25, 0.3) is 0 Å². The second-order valence-electron chi connectivity index (χ2n) is 4.16. The Balaban J connectivity index is 1.68. The summed E-state index contributed by atoms with van der Waals surface area (Å²) in [6.45, 7) is 3.48. The Morgan fingerprint density at radius 3 is 3.20 bits per heavy atom. The fraction of sp³-hybridized carbons (Fsp3) is 0.667. The van der Waals surface area contributed by atoms with Gasteiger partial charge in [-0.3, -0.25) is 0 Å². The molecule has 1 nitrogen and oxygen atoms in total. The van der Waals surface area contributed by atoms with Crippen molar-refractivity contribution in [3.8, 4) is 0 Å². The highest BCUT2D eigenvalue weighted by molar-refractivity contribution is 7.99. The molecule has 1 aliphatic rings. The fourth-order valence-corrected chi connectivity index (χ4v) is 3.90. The molecule has 1 aliphatic heterocycles. The third-order valence-corrected chi connectivity index (χ3v) is 5.12. The first kappa shape index (κ1) is 11.5. The number of thiophene rings is 1. The van der Waals surface area contributed by atoms with Gasteiger partial charge in [0.1, 0.15) is 0 Å². The monoisotopic (exact) mass is 241 g/mol. The fourth-order valence-electron chi connectivity index (χ4n) is 2.03. The molecule has 84 valence electrons. The molecule has 15 heavy (non-hydrogen) atoms. The average molecular weight is 241 g/mol. The minimum absolute atomic E-state index is 0.738. The lowest BCUT2D eigenvalue weighted by Crippen LogP contribution is -2.40. The van der Waals surface area contributed by atoms with Crippen molar-refractivity contribution < 1.29 is 0 Å². The zero-order chi connectivity index (χ0) is 10.5. The molecule has 1 N–H and O–H groups in total. The van der Waals surface area contributed by atoms with E-state index in [-0.39, 0.29) is 0 Å². The van der Waals surface area contributed by atoms with Crippen LogP contribution >= 0.6 is 23.1 Å². The van der Waals surface area contributed by atoms with Crippen LogP contribution in [0.5, 0.6) is 0 Å². The maximum absolute atomic E-state index is 3.69. The van der Waals surface area contributed by atoms with E-state index in [1.165, 1.54) is 30.6 Å². The Morgan fingerprint density at radius 2 is 2.47 bits per heavy atom. The molecule has 3 heteroatoms. The van der Waals surface area contributed by atoms with Crippen LogP contribution in [-0.2, 0) is 6.42 Å². The van der Waals surface area contributed by atoms with Gasteiger partial charge in [-0.2, -0.15) is 23.1 Å². The molecule has 1 aromatic rings. The highest BCUT2D eigenvalue weighted by Crippen LogP contribution is 2.24. The molecule has 0 aromatic carbocycles. The zero-order valence-corrected chi connectivity index (χ0v) is 10.9. The van der Waals surface area contributed by atoms with Gasteiger partial charge < -0.3 is 5.32 Å². The molecule has 2 atom stereocenters. The van der Waals surface area contributed by atoms with Crippen LogP contribution < -0.4 is 5.32 Å². The first-order valence-corrected chi connectivity index (χ1v) is 7.71. The van der Waals surface area contributed by atoms with E-state index in [9.17, 15) is 0 Å². The lowest BCUT2D eigenvalue weighted by molar-refractivity contribution is 0.466. The van der Waals surface area contributed by atoms with Crippen molar-refractivity contribution in [2.75, 3.05) is 12.3 Å². The predicted octanol–water partition coefficient (Wildman–Crippen LogP) is 3.16. The third kappa shape index (κ3) is 3.51. The Bertz CT molecular complexity index is 271. The van der Waals surface area contributed by atoms with Crippen molar-refractivity contribution >= 4 is 23.1 Å². The van der Waals surface area contributed by atoms with Crippen molar-refractivity contribution in [2.45, 2.75) is 37.5 Å². The van der Waals surface area contributed by atoms with Crippen molar-refractivity contribution in [3.05, 3.63) is 22.4 Å². The van der Waals surface area contributed by atoms with Crippen LogP contribution in [0, 0.1) is 0 Å². The normalized spacial score (nSPS) is 26.7. The number of hydrogen-bond acceptors (Lipinski definition) is 3. The summed E-state index contributed by atoms with van der Waals surface area (Å²) in [7, 11) is 0. The predicted molar refractivity (Wildman–Crippen MR) is 71.0 cm³/mol. The second kappa shape index (κ2) is 5.92. The van der Waals surface area contributed by atoms with Crippen molar-refractivity contribution in [2.24, 2.45) is 0 Å². The molecule has 0 saturated carbocycles. The second-order valence-corrected chi connectivity index (χ2v) is 6.43. The van der Waals surface area contributed by atoms with Gasteiger partial charge in [-0.05, 0) is 54.0 Å². The Morgan fingerprint density at radius 1 is 1.53 bits per heavy atom. The van der Waals surface area contributed by atoms with Crippen molar-refractivity contribution in [3.63, 3.8) is 0 Å². The van der Waals surface area contributed by atoms with E-state index in [0.29, 0.717) is 0 Å². The van der Waals surface area contributed by atoms with Crippen LogP contribution in [-0.4, -0.2) is 23.6 Å². The molecule has 0 amide bonds. The third-order valence-electron chi connectivity index (χ3n) is 3.01. The minimum atomic E-state index is 0.738. The summed E-state index contributed by atoms with van der Waals surface area (Å²) in [5, 5.41) is 8.90. The van der Waals surface area contributed by atoms with E-state index in [2.05, 4.69) is 40.8 Å². The van der Waals surface area contributed by atoms with Crippen LogP contribution in [0.2, 0.25) is 0 Å². The first-order valence-electron chi connectivity index (χ1n) is 5.72. The van der Waals surface area contributed by atoms with Crippen LogP contribution in [0.15, 0.2) is 16.8 Å². The molecular weight excluding hydrogens is 222 g/mol. The largest absolute Gasteiger partial charge is 0.313 e. The van der Waals surface area contributed by atoms with Crippen molar-refractivity contribution in [1.29, 1.82) is 0 Å². The van der Waals surface area contributed by atoms with E-state index < -0.39 is 0 Å². The standard InChI is InChI=1S/C12H19NS2/c1-10-12(3-2-7-15-10)13-6-4-11-5-8-14-9-11/h5,8-10,12-13H,2-4,6-7H2,1H3. The van der Waals surface area contributed by atoms with E-state index in [1.807, 2.05) is 0 Å². The quantitative estimate of drug-likeness (QED) is 0.869. The summed E-state index contributed by atoms with van der Waals surface area (Å²) in [4.78, 5) is 0. The number of rotatable bonds is 4. The molecular formula is C12H19NS2. The molecule has 1 fully saturated rings. The van der Waals surface area contributed by atoms with Gasteiger partial charge in [0, 0.05) is 11.3 Å². The SMILES string of the molecule is CC1SCCCC1NCCc1ccsc1. The van der Waals surface area contributed by atoms with Gasteiger partial charge in [0.2, 0.25) is 0 Å². The molecule has 1 aromatic heterocycles.